The van der Waals surface area contributed by atoms with E-state index in [1.54, 1.807) is 24.1 Å². The zero-order chi connectivity index (χ0) is 17.5. The van der Waals surface area contributed by atoms with Gasteiger partial charge in [0, 0.05) is 52.0 Å². The predicted octanol–water partition coefficient (Wildman–Crippen LogP) is 1.90. The molecule has 1 aliphatic heterocycles. The van der Waals surface area contributed by atoms with E-state index >= 15 is 0 Å². The molecule has 0 aliphatic carbocycles. The van der Waals surface area contributed by atoms with Crippen molar-refractivity contribution in [3.05, 3.63) is 29.6 Å². The van der Waals surface area contributed by atoms with Gasteiger partial charge in [0.1, 0.15) is 5.82 Å². The third-order valence-corrected chi connectivity index (χ3v) is 4.06. The molecule has 1 N–H and O–H groups in total. The Balaban J connectivity index is 1.86. The van der Waals surface area contributed by atoms with Crippen molar-refractivity contribution in [2.45, 2.75) is 13.3 Å². The van der Waals surface area contributed by atoms with Crippen LogP contribution >= 0.6 is 0 Å². The van der Waals surface area contributed by atoms with Crippen molar-refractivity contribution in [2.24, 2.45) is 0 Å². The summed E-state index contributed by atoms with van der Waals surface area (Å²) in [6, 6.07) is 4.44. The number of hydrogen-bond acceptors (Lipinski definition) is 4. The van der Waals surface area contributed by atoms with Gasteiger partial charge in [-0.1, -0.05) is 0 Å². The zero-order valence-corrected chi connectivity index (χ0v) is 14.2. The summed E-state index contributed by atoms with van der Waals surface area (Å²) in [6.45, 7) is 4.79. The van der Waals surface area contributed by atoms with E-state index in [4.69, 9.17) is 4.74 Å². The summed E-state index contributed by atoms with van der Waals surface area (Å²) in [7, 11) is 1.63. The largest absolute Gasteiger partial charge is 0.385 e. The fourth-order valence-electron chi connectivity index (χ4n) is 2.66. The number of ketones is 1. The maximum atomic E-state index is 14.2. The van der Waals surface area contributed by atoms with E-state index in [9.17, 15) is 14.0 Å². The molecule has 7 heteroatoms. The first-order valence-electron chi connectivity index (χ1n) is 8.10. The van der Waals surface area contributed by atoms with Crippen LogP contribution in [0.5, 0.6) is 0 Å². The number of nitrogens with zero attached hydrogens (tertiary/aromatic N) is 2. The van der Waals surface area contributed by atoms with Crippen LogP contribution in [0.3, 0.4) is 0 Å². The number of halogens is 1. The predicted molar refractivity (Wildman–Crippen MR) is 90.1 cm³/mol. The Bertz CT molecular complexity index is 586. The smallest absolute Gasteiger partial charge is 0.317 e. The van der Waals surface area contributed by atoms with Gasteiger partial charge >= 0.3 is 6.03 Å². The van der Waals surface area contributed by atoms with Crippen LogP contribution < -0.4 is 10.2 Å². The van der Waals surface area contributed by atoms with E-state index in [-0.39, 0.29) is 11.8 Å². The summed E-state index contributed by atoms with van der Waals surface area (Å²) in [5, 5.41) is 2.85. The third-order valence-electron chi connectivity index (χ3n) is 4.06. The van der Waals surface area contributed by atoms with Crippen molar-refractivity contribution in [1.82, 2.24) is 10.2 Å². The van der Waals surface area contributed by atoms with E-state index < -0.39 is 5.82 Å². The van der Waals surface area contributed by atoms with Crippen molar-refractivity contribution in [3.8, 4) is 0 Å². The topological polar surface area (TPSA) is 61.9 Å². The highest BCUT2D eigenvalue weighted by atomic mass is 19.1. The molecule has 0 unspecified atom stereocenters. The number of methoxy groups -OCH3 is 1. The molecule has 0 radical (unpaired) electrons. The van der Waals surface area contributed by atoms with Gasteiger partial charge in [0.15, 0.2) is 5.78 Å². The molecule has 0 spiro atoms. The number of rotatable bonds is 6. The maximum Gasteiger partial charge on any atom is 0.317 e. The lowest BCUT2D eigenvalue weighted by Crippen LogP contribution is -2.52. The lowest BCUT2D eigenvalue weighted by molar-refractivity contribution is 0.101. The second-order valence-electron chi connectivity index (χ2n) is 5.77. The molecule has 1 fully saturated rings. The first-order valence-corrected chi connectivity index (χ1v) is 8.10. The molecular weight excluding hydrogens is 313 g/mol. The van der Waals surface area contributed by atoms with Crippen molar-refractivity contribution >= 4 is 17.5 Å². The second-order valence-corrected chi connectivity index (χ2v) is 5.77. The quantitative estimate of drug-likeness (QED) is 0.636. The molecular formula is C17H24FN3O3. The van der Waals surface area contributed by atoms with Crippen LogP contribution in [0.15, 0.2) is 18.2 Å². The van der Waals surface area contributed by atoms with Crippen LogP contribution in [-0.2, 0) is 4.74 Å². The number of urea groups is 1. The Hall–Kier alpha value is -2.15. The maximum absolute atomic E-state index is 14.2. The van der Waals surface area contributed by atoms with E-state index in [1.807, 2.05) is 4.90 Å². The third kappa shape index (κ3) is 4.67. The lowest BCUT2D eigenvalue weighted by atomic mass is 10.1. The number of benzene rings is 1. The van der Waals surface area contributed by atoms with E-state index in [2.05, 4.69) is 5.32 Å². The summed E-state index contributed by atoms with van der Waals surface area (Å²) < 4.78 is 19.1. The molecule has 1 aliphatic rings. The molecule has 2 rings (SSSR count). The van der Waals surface area contributed by atoms with E-state index in [0.717, 1.165) is 6.42 Å². The van der Waals surface area contributed by atoms with Crippen LogP contribution in [0, 0.1) is 5.82 Å². The van der Waals surface area contributed by atoms with Gasteiger partial charge in [-0.15, -0.1) is 0 Å². The van der Waals surface area contributed by atoms with Gasteiger partial charge < -0.3 is 19.9 Å². The number of hydrogen-bond donors (Lipinski definition) is 1. The van der Waals surface area contributed by atoms with Crippen LogP contribution in [0.2, 0.25) is 0 Å². The van der Waals surface area contributed by atoms with Gasteiger partial charge in [-0.3, -0.25) is 4.79 Å². The molecule has 1 saturated heterocycles. The highest BCUT2D eigenvalue weighted by Gasteiger charge is 2.22. The van der Waals surface area contributed by atoms with Crippen LogP contribution in [0.25, 0.3) is 0 Å². The van der Waals surface area contributed by atoms with Crippen molar-refractivity contribution < 1.29 is 18.7 Å². The highest BCUT2D eigenvalue weighted by molar-refractivity contribution is 5.94. The molecule has 2 amide bonds. The number of carbonyl (C=O) groups is 2. The standard InChI is InChI=1S/C17H24FN3O3/c1-13(22)14-4-5-16(15(18)12-14)20-7-9-21(10-8-20)17(23)19-6-3-11-24-2/h4-5,12H,3,6-11H2,1-2H3,(H,19,23). The normalized spacial score (nSPS) is 14.6. The first kappa shape index (κ1) is 18.2. The Morgan fingerprint density at radius 2 is 1.96 bits per heavy atom. The average molecular weight is 337 g/mol. The number of anilines is 1. The van der Waals surface area contributed by atoms with Gasteiger partial charge in [-0.2, -0.15) is 0 Å². The molecule has 0 atom stereocenters. The minimum atomic E-state index is -0.403. The van der Waals surface area contributed by atoms with Crippen LogP contribution in [0.4, 0.5) is 14.9 Å². The zero-order valence-electron chi connectivity index (χ0n) is 14.2. The minimum Gasteiger partial charge on any atom is -0.385 e. The fourth-order valence-corrected chi connectivity index (χ4v) is 2.66. The summed E-state index contributed by atoms with van der Waals surface area (Å²) in [6.07, 6.45) is 0.774. The van der Waals surface area contributed by atoms with Gasteiger partial charge in [-0.05, 0) is 31.5 Å². The van der Waals surface area contributed by atoms with Crippen molar-refractivity contribution in [2.75, 3.05) is 51.3 Å². The van der Waals surface area contributed by atoms with E-state index in [0.29, 0.717) is 50.6 Å². The second kappa shape index (κ2) is 8.63. The molecule has 24 heavy (non-hydrogen) atoms. The Morgan fingerprint density at radius 1 is 1.25 bits per heavy atom. The van der Waals surface area contributed by atoms with E-state index in [1.165, 1.54) is 13.0 Å². The molecule has 6 nitrogen and oxygen atoms in total. The van der Waals surface area contributed by atoms with Crippen LogP contribution in [-0.4, -0.2) is 63.2 Å². The summed E-state index contributed by atoms with van der Waals surface area (Å²) in [5.74, 6) is -0.560. The molecule has 0 bridgehead atoms. The number of nitrogens with one attached hydrogen (secondary N) is 1. The average Bonchev–Trinajstić information content (AvgIpc) is 2.58. The Labute approximate surface area is 141 Å². The van der Waals surface area contributed by atoms with Crippen LogP contribution in [0.1, 0.15) is 23.7 Å². The molecule has 1 heterocycles. The lowest BCUT2D eigenvalue weighted by Gasteiger charge is -2.36. The number of amides is 2. The van der Waals surface area contributed by atoms with Gasteiger partial charge in [0.05, 0.1) is 5.69 Å². The summed E-state index contributed by atoms with van der Waals surface area (Å²) >= 11 is 0. The number of Topliss-reactive ketones (excluding diaryl/α,β-unsaturated/α-hetero) is 1. The van der Waals surface area contributed by atoms with Gasteiger partial charge in [0.2, 0.25) is 0 Å². The first-order chi connectivity index (χ1) is 11.5. The summed E-state index contributed by atoms with van der Waals surface area (Å²) in [4.78, 5) is 27.0. The molecule has 0 aromatic heterocycles. The number of piperazine rings is 1. The Kier molecular flexibility index (Phi) is 6.54. The molecule has 0 saturated carbocycles. The summed E-state index contributed by atoms with van der Waals surface area (Å²) in [5.41, 5.74) is 0.838. The number of carbonyl (C=O) groups excluding carboxylic acids is 2. The molecule has 132 valence electrons. The SMILES string of the molecule is COCCCNC(=O)N1CCN(c2ccc(C(C)=O)cc2F)CC1. The minimum absolute atomic E-state index is 0.0989. The molecule has 1 aromatic rings. The van der Waals surface area contributed by atoms with Crippen molar-refractivity contribution in [3.63, 3.8) is 0 Å². The van der Waals surface area contributed by atoms with Gasteiger partial charge in [0.25, 0.3) is 0 Å². The monoisotopic (exact) mass is 337 g/mol. The van der Waals surface area contributed by atoms with Crippen molar-refractivity contribution in [1.29, 1.82) is 0 Å². The molecule has 1 aromatic carbocycles. The Morgan fingerprint density at radius 3 is 2.54 bits per heavy atom. The highest BCUT2D eigenvalue weighted by Crippen LogP contribution is 2.22. The number of ether oxygens (including phenoxy) is 1. The fraction of sp³-hybridized carbons (Fsp3) is 0.529. The van der Waals surface area contributed by atoms with Gasteiger partial charge in [-0.25, -0.2) is 9.18 Å².